The maximum atomic E-state index is 6.25. The van der Waals surface area contributed by atoms with Crippen molar-refractivity contribution >= 4 is 0 Å². The summed E-state index contributed by atoms with van der Waals surface area (Å²) in [7, 11) is 0. The molecule has 2 nitrogen and oxygen atoms in total. The summed E-state index contributed by atoms with van der Waals surface area (Å²) in [5.41, 5.74) is 0. The molecule has 0 amide bonds. The minimum absolute atomic E-state index is 0. The summed E-state index contributed by atoms with van der Waals surface area (Å²) in [6.07, 6.45) is 0. The van der Waals surface area contributed by atoms with Crippen LogP contribution in [0.2, 0.25) is 0 Å². The van der Waals surface area contributed by atoms with E-state index in [0.717, 1.165) is 0 Å². The first kappa shape index (κ1) is 37.2. The van der Waals surface area contributed by atoms with Crippen molar-refractivity contribution in [3.8, 4) is 0 Å². The summed E-state index contributed by atoms with van der Waals surface area (Å²) >= 11 is 0. The molecule has 0 unspecified atom stereocenters. The van der Waals surface area contributed by atoms with Gasteiger partial charge in [-0.15, -0.1) is 0 Å². The molecule has 0 aromatic rings. The summed E-state index contributed by atoms with van der Waals surface area (Å²) in [5.74, 6) is 0. The molecule has 0 radical (unpaired) electrons. The van der Waals surface area contributed by atoms with Crippen LogP contribution in [0.15, 0.2) is 0 Å². The van der Waals surface area contributed by atoms with Gasteiger partial charge in [-0.05, 0) is 0 Å². The van der Waals surface area contributed by atoms with E-state index in [2.05, 4.69) is 0 Å². The summed E-state index contributed by atoms with van der Waals surface area (Å²) in [5, 5.41) is 12.5. The molecule has 0 atom stereocenters. The third-order valence-corrected chi connectivity index (χ3v) is 0. The molecule has 0 fully saturated rings. The van der Waals surface area contributed by atoms with Crippen LogP contribution >= 0.6 is 0 Å². The maximum Gasteiger partial charge on any atom is 2.00 e. The second-order valence-corrected chi connectivity index (χ2v) is 0. The Morgan fingerprint density at radius 2 is 0.667 bits per heavy atom. The van der Waals surface area contributed by atoms with Crippen molar-refractivity contribution in [2.75, 3.05) is 0 Å². The Labute approximate surface area is 58.1 Å². The molecule has 0 heterocycles. The third-order valence-electron chi connectivity index (χ3n) is 0. The number of hydrogen-bond acceptors (Lipinski definition) is 2. The normalized spacial score (nSPS) is 0.667. The van der Waals surface area contributed by atoms with Crippen LogP contribution in [0.4, 0.5) is 0 Å². The summed E-state index contributed by atoms with van der Waals surface area (Å²) in [6.45, 7) is 9.50. The zero-order valence-corrected chi connectivity index (χ0v) is 4.81. The molecule has 0 aromatic heterocycles. The van der Waals surface area contributed by atoms with E-state index in [1.54, 1.807) is 0 Å². The number of hydrogen-bond donors (Lipinski definition) is 0. The van der Waals surface area contributed by atoms with E-state index in [-0.39, 0.29) is 34.1 Å². The molecule has 0 spiro atoms. The van der Waals surface area contributed by atoms with Crippen LogP contribution in [0.5, 0.6) is 0 Å². The molecule has 6 heavy (non-hydrogen) atoms. The van der Waals surface area contributed by atoms with Gasteiger partial charge in [-0.25, -0.2) is 0 Å². The molecule has 0 aliphatic rings. The molecule has 0 bridgehead atoms. The maximum absolute atomic E-state index is 6.25. The van der Waals surface area contributed by atoms with Crippen molar-refractivity contribution in [3.05, 3.63) is 13.1 Å². The molecular weight excluding hydrogens is 164 g/mol. The quantitative estimate of drug-likeness (QED) is 0.378. The van der Waals surface area contributed by atoms with Crippen LogP contribution in [0, 0.1) is 23.7 Å². The predicted molar refractivity (Wildman–Crippen MR) is 9.94 cm³/mol. The molecule has 0 aliphatic heterocycles. The average Bonchev–Trinajstić information content (AvgIpc) is 1.50. The van der Waals surface area contributed by atoms with Gasteiger partial charge in [-0.1, -0.05) is 0 Å². The molecule has 0 aliphatic carbocycles. The van der Waals surface area contributed by atoms with E-state index in [0.29, 0.717) is 0 Å². The second-order valence-electron chi connectivity index (χ2n) is 0. The first-order valence-electron chi connectivity index (χ1n) is 0.447. The molecule has 0 aromatic carbocycles. The smallest absolute Gasteiger partial charge is 0.512 e. The van der Waals surface area contributed by atoms with Crippen LogP contribution in [0.1, 0.15) is 0 Å². The van der Waals surface area contributed by atoms with Crippen LogP contribution in [-0.2, 0) is 34.1 Å². The fourth-order valence-corrected chi connectivity index (χ4v) is 0. The van der Waals surface area contributed by atoms with Crippen molar-refractivity contribution in [3.63, 3.8) is 0 Å². The van der Waals surface area contributed by atoms with Gasteiger partial charge in [0.05, 0.1) is 0 Å². The molecular formula is C2Fe2N2+2. The summed E-state index contributed by atoms with van der Waals surface area (Å²) < 4.78 is 0. The van der Waals surface area contributed by atoms with Crippen molar-refractivity contribution < 1.29 is 34.1 Å². The monoisotopic (exact) mass is 164 g/mol. The largest absolute Gasteiger partial charge is 2.00 e. The van der Waals surface area contributed by atoms with Crippen molar-refractivity contribution in [2.24, 2.45) is 0 Å². The van der Waals surface area contributed by atoms with Crippen LogP contribution < -0.4 is 0 Å². The minimum atomic E-state index is 0. The molecule has 4 heteroatoms. The SMILES string of the molecule is [C-]#N.[C-]#N.[Fe+2].[Fe+2]. The third kappa shape index (κ3) is 102000. The zero-order chi connectivity index (χ0) is 4.00. The van der Waals surface area contributed by atoms with Crippen LogP contribution in [0.3, 0.4) is 0 Å². The number of rotatable bonds is 0. The molecule has 0 rings (SSSR count). The Bertz CT molecular complexity index is 25.0. The van der Waals surface area contributed by atoms with Gasteiger partial charge in [0, 0.05) is 0 Å². The van der Waals surface area contributed by atoms with E-state index in [1.807, 2.05) is 0 Å². The fourth-order valence-electron chi connectivity index (χ4n) is 0. The fraction of sp³-hybridized carbons (Fsp3) is 0. The van der Waals surface area contributed by atoms with Gasteiger partial charge in [0.15, 0.2) is 0 Å². The van der Waals surface area contributed by atoms with Crippen molar-refractivity contribution in [1.82, 2.24) is 0 Å². The molecule has 0 saturated carbocycles. The van der Waals surface area contributed by atoms with E-state index >= 15 is 0 Å². The molecule has 0 saturated heterocycles. The van der Waals surface area contributed by atoms with Gasteiger partial charge in [0.25, 0.3) is 0 Å². The Balaban J connectivity index is -0.00000000500. The summed E-state index contributed by atoms with van der Waals surface area (Å²) in [4.78, 5) is 0. The van der Waals surface area contributed by atoms with Gasteiger partial charge < -0.3 is 23.7 Å². The Morgan fingerprint density at radius 1 is 0.667 bits per heavy atom. The first-order chi connectivity index (χ1) is 2.00. The summed E-state index contributed by atoms with van der Waals surface area (Å²) in [6, 6.07) is 0. The first-order valence-corrected chi connectivity index (χ1v) is 0.447. The Morgan fingerprint density at radius 3 is 0.667 bits per heavy atom. The van der Waals surface area contributed by atoms with E-state index in [4.69, 9.17) is 23.7 Å². The minimum Gasteiger partial charge on any atom is -0.512 e. The second kappa shape index (κ2) is 225000. The van der Waals surface area contributed by atoms with E-state index in [9.17, 15) is 0 Å². The molecule has 0 N–H and O–H groups in total. The number of nitrogens with zero attached hydrogens (tertiary/aromatic N) is 2. The molecule has 32 valence electrons. The predicted octanol–water partition coefficient (Wildman–Crippen LogP) is 0.188. The van der Waals surface area contributed by atoms with Gasteiger partial charge in [-0.3, -0.25) is 0 Å². The van der Waals surface area contributed by atoms with Gasteiger partial charge >= 0.3 is 34.1 Å². The van der Waals surface area contributed by atoms with Crippen molar-refractivity contribution in [2.45, 2.75) is 0 Å². The zero-order valence-electron chi connectivity index (χ0n) is 2.60. The standard InChI is InChI=1S/2CN.2Fe/c2*1-2;;/q2*-1;2*+2. The van der Waals surface area contributed by atoms with Gasteiger partial charge in [0.1, 0.15) is 0 Å². The Kier molecular flexibility index (Phi) is 1400000. The van der Waals surface area contributed by atoms with Crippen LogP contribution in [-0.4, -0.2) is 0 Å². The van der Waals surface area contributed by atoms with Crippen molar-refractivity contribution in [1.29, 1.82) is 10.5 Å². The van der Waals surface area contributed by atoms with Gasteiger partial charge in [0.2, 0.25) is 0 Å². The Hall–Kier alpha value is 0.0190. The topological polar surface area (TPSA) is 47.6 Å². The van der Waals surface area contributed by atoms with E-state index in [1.165, 1.54) is 0 Å². The van der Waals surface area contributed by atoms with Crippen LogP contribution in [0.25, 0.3) is 0 Å². The van der Waals surface area contributed by atoms with E-state index < -0.39 is 0 Å². The average molecular weight is 164 g/mol. The van der Waals surface area contributed by atoms with Gasteiger partial charge in [-0.2, -0.15) is 0 Å².